The van der Waals surface area contributed by atoms with Gasteiger partial charge in [-0.15, -0.1) is 0 Å². The van der Waals surface area contributed by atoms with E-state index in [1.807, 2.05) is 6.07 Å². The third-order valence-corrected chi connectivity index (χ3v) is 3.77. The molecule has 1 aliphatic rings. The molecule has 1 fully saturated rings. The van der Waals surface area contributed by atoms with Crippen LogP contribution in [0, 0.1) is 0 Å². The number of rotatable bonds is 3. The van der Waals surface area contributed by atoms with Crippen molar-refractivity contribution in [3.8, 4) is 0 Å². The van der Waals surface area contributed by atoms with Gasteiger partial charge in [0.15, 0.2) is 0 Å². The Morgan fingerprint density at radius 1 is 1.04 bits per heavy atom. The average Bonchev–Trinajstić information content (AvgIpc) is 2.55. The van der Waals surface area contributed by atoms with E-state index in [4.69, 9.17) is 0 Å². The number of hydrogen-bond acceptors (Lipinski definition) is 4. The molecule has 0 radical (unpaired) electrons. The van der Waals surface area contributed by atoms with Gasteiger partial charge in [0.05, 0.1) is 5.56 Å². The molecule has 0 atom stereocenters. The van der Waals surface area contributed by atoms with E-state index in [9.17, 15) is 13.2 Å². The fourth-order valence-electron chi connectivity index (χ4n) is 2.61. The minimum atomic E-state index is -4.37. The third-order valence-electron chi connectivity index (χ3n) is 3.77. The van der Waals surface area contributed by atoms with Crippen molar-refractivity contribution >= 4 is 17.5 Å². The largest absolute Gasteiger partial charge is 0.416 e. The molecule has 4 nitrogen and oxygen atoms in total. The second-order valence-electron chi connectivity index (χ2n) is 5.49. The van der Waals surface area contributed by atoms with Crippen molar-refractivity contribution in [2.24, 2.45) is 0 Å². The number of benzene rings is 1. The van der Waals surface area contributed by atoms with E-state index in [1.54, 1.807) is 12.3 Å². The highest BCUT2D eigenvalue weighted by Crippen LogP contribution is 2.31. The van der Waals surface area contributed by atoms with E-state index >= 15 is 0 Å². The molecular formula is C16H17F3N4. The van der Waals surface area contributed by atoms with Crippen molar-refractivity contribution in [3.63, 3.8) is 0 Å². The zero-order chi connectivity index (χ0) is 16.3. The number of aromatic nitrogens is 2. The maximum atomic E-state index is 12.7. The predicted octanol–water partition coefficient (Wildman–Crippen LogP) is 4.23. The fraction of sp³-hybridized carbons (Fsp3) is 0.375. The standard InChI is InChI=1S/C16H17F3N4/c17-16(18,19)12-5-4-6-13(11-12)21-15-20-8-7-14(22-15)23-9-2-1-3-10-23/h4-8,11H,1-3,9-10H2,(H,20,21,22). The van der Waals surface area contributed by atoms with Crippen LogP contribution in [0.1, 0.15) is 24.8 Å². The van der Waals surface area contributed by atoms with Crippen LogP contribution in [0.5, 0.6) is 0 Å². The van der Waals surface area contributed by atoms with Crippen molar-refractivity contribution in [2.45, 2.75) is 25.4 Å². The Labute approximate surface area is 132 Å². The van der Waals surface area contributed by atoms with Crippen LogP contribution < -0.4 is 10.2 Å². The number of hydrogen-bond donors (Lipinski definition) is 1. The van der Waals surface area contributed by atoms with Gasteiger partial charge in [-0.3, -0.25) is 0 Å². The first-order chi connectivity index (χ1) is 11.0. The maximum absolute atomic E-state index is 12.7. The third kappa shape index (κ3) is 3.91. The first kappa shape index (κ1) is 15.6. The van der Waals surface area contributed by atoms with E-state index in [-0.39, 0.29) is 0 Å². The molecule has 7 heteroatoms. The number of alkyl halides is 3. The van der Waals surface area contributed by atoms with Gasteiger partial charge in [-0.05, 0) is 43.5 Å². The second-order valence-corrected chi connectivity index (χ2v) is 5.49. The van der Waals surface area contributed by atoms with Crippen LogP contribution in [0.3, 0.4) is 0 Å². The van der Waals surface area contributed by atoms with Crippen LogP contribution in [0.2, 0.25) is 0 Å². The summed E-state index contributed by atoms with van der Waals surface area (Å²) < 4.78 is 38.2. The first-order valence-corrected chi connectivity index (χ1v) is 7.55. The zero-order valence-corrected chi connectivity index (χ0v) is 12.5. The molecule has 122 valence electrons. The molecule has 0 bridgehead atoms. The topological polar surface area (TPSA) is 41.1 Å². The molecule has 0 aliphatic carbocycles. The SMILES string of the molecule is FC(F)(F)c1cccc(Nc2nccc(N3CCCCC3)n2)c1. The molecular weight excluding hydrogens is 305 g/mol. The van der Waals surface area contributed by atoms with Gasteiger partial charge in [0.25, 0.3) is 0 Å². The van der Waals surface area contributed by atoms with E-state index in [1.165, 1.54) is 12.5 Å². The normalized spacial score (nSPS) is 15.5. The van der Waals surface area contributed by atoms with Crippen molar-refractivity contribution in [1.82, 2.24) is 9.97 Å². The molecule has 2 heterocycles. The first-order valence-electron chi connectivity index (χ1n) is 7.55. The Hall–Kier alpha value is -2.31. The van der Waals surface area contributed by atoms with Crippen LogP contribution in [0.4, 0.5) is 30.6 Å². The van der Waals surface area contributed by atoms with Gasteiger partial charge in [0, 0.05) is 25.0 Å². The summed E-state index contributed by atoms with van der Waals surface area (Å²) in [6.45, 7) is 1.89. The fourth-order valence-corrected chi connectivity index (χ4v) is 2.61. The summed E-state index contributed by atoms with van der Waals surface area (Å²) >= 11 is 0. The maximum Gasteiger partial charge on any atom is 0.416 e. The summed E-state index contributed by atoms with van der Waals surface area (Å²) in [4.78, 5) is 10.7. The highest BCUT2D eigenvalue weighted by Gasteiger charge is 2.30. The summed E-state index contributed by atoms with van der Waals surface area (Å²) in [5, 5.41) is 2.85. The highest BCUT2D eigenvalue weighted by atomic mass is 19.4. The van der Waals surface area contributed by atoms with Gasteiger partial charge >= 0.3 is 6.18 Å². The summed E-state index contributed by atoms with van der Waals surface area (Å²) in [5.74, 6) is 1.10. The van der Waals surface area contributed by atoms with E-state index in [0.29, 0.717) is 11.6 Å². The average molecular weight is 322 g/mol. The number of nitrogens with zero attached hydrogens (tertiary/aromatic N) is 3. The molecule has 1 aliphatic heterocycles. The summed E-state index contributed by atoms with van der Waals surface area (Å²) in [7, 11) is 0. The molecule has 1 saturated heterocycles. The molecule has 0 spiro atoms. The Balaban J connectivity index is 1.78. The zero-order valence-electron chi connectivity index (χ0n) is 12.5. The van der Waals surface area contributed by atoms with E-state index < -0.39 is 11.7 Å². The Kier molecular flexibility index (Phi) is 4.36. The molecule has 1 aromatic carbocycles. The monoisotopic (exact) mass is 322 g/mol. The minimum Gasteiger partial charge on any atom is -0.356 e. The number of halogens is 3. The lowest BCUT2D eigenvalue weighted by atomic mass is 10.1. The lowest BCUT2D eigenvalue weighted by Gasteiger charge is -2.27. The van der Waals surface area contributed by atoms with Gasteiger partial charge < -0.3 is 10.2 Å². The Morgan fingerprint density at radius 2 is 1.83 bits per heavy atom. The van der Waals surface area contributed by atoms with Crippen LogP contribution in [-0.4, -0.2) is 23.1 Å². The molecule has 2 aromatic rings. The predicted molar refractivity (Wildman–Crippen MR) is 82.8 cm³/mol. The molecule has 0 unspecified atom stereocenters. The second kappa shape index (κ2) is 6.44. The van der Waals surface area contributed by atoms with Crippen molar-refractivity contribution < 1.29 is 13.2 Å². The highest BCUT2D eigenvalue weighted by molar-refractivity contribution is 5.56. The van der Waals surface area contributed by atoms with Crippen molar-refractivity contribution in [1.29, 1.82) is 0 Å². The van der Waals surface area contributed by atoms with Crippen LogP contribution in [0.15, 0.2) is 36.5 Å². The summed E-state index contributed by atoms with van der Waals surface area (Å²) in [6, 6.07) is 6.83. The summed E-state index contributed by atoms with van der Waals surface area (Å²) in [6.07, 6.45) is 0.721. The molecule has 23 heavy (non-hydrogen) atoms. The van der Waals surface area contributed by atoms with Crippen LogP contribution >= 0.6 is 0 Å². The van der Waals surface area contributed by atoms with Crippen LogP contribution in [0.25, 0.3) is 0 Å². The van der Waals surface area contributed by atoms with Gasteiger partial charge in [0.2, 0.25) is 5.95 Å². The Morgan fingerprint density at radius 3 is 2.57 bits per heavy atom. The van der Waals surface area contributed by atoms with E-state index in [2.05, 4.69) is 20.2 Å². The lowest BCUT2D eigenvalue weighted by Crippen LogP contribution is -2.30. The molecule has 1 aromatic heterocycles. The van der Waals surface area contributed by atoms with Crippen molar-refractivity contribution in [2.75, 3.05) is 23.3 Å². The van der Waals surface area contributed by atoms with Crippen molar-refractivity contribution in [3.05, 3.63) is 42.1 Å². The van der Waals surface area contributed by atoms with Crippen LogP contribution in [-0.2, 0) is 6.18 Å². The number of nitrogens with one attached hydrogen (secondary N) is 1. The molecule has 0 amide bonds. The van der Waals surface area contributed by atoms with Gasteiger partial charge in [-0.2, -0.15) is 18.2 Å². The summed E-state index contributed by atoms with van der Waals surface area (Å²) in [5.41, 5.74) is -0.384. The number of piperidine rings is 1. The van der Waals surface area contributed by atoms with E-state index in [0.717, 1.165) is 43.9 Å². The Bertz CT molecular complexity index is 666. The molecule has 3 rings (SSSR count). The number of anilines is 3. The smallest absolute Gasteiger partial charge is 0.356 e. The molecule has 1 N–H and O–H groups in total. The molecule has 0 saturated carbocycles. The van der Waals surface area contributed by atoms with Gasteiger partial charge in [0.1, 0.15) is 5.82 Å². The van der Waals surface area contributed by atoms with Gasteiger partial charge in [-0.1, -0.05) is 6.07 Å². The quantitative estimate of drug-likeness (QED) is 0.918. The lowest BCUT2D eigenvalue weighted by molar-refractivity contribution is -0.137. The minimum absolute atomic E-state index is 0.299. The van der Waals surface area contributed by atoms with Gasteiger partial charge in [-0.25, -0.2) is 4.98 Å².